The SMILES string of the molecule is CCC1CCN(S(=O)(=O)c2c(C)n[nH]c2C)C1. The van der Waals surface area contributed by atoms with Crippen molar-refractivity contribution in [3.63, 3.8) is 0 Å². The summed E-state index contributed by atoms with van der Waals surface area (Å²) in [4.78, 5) is 0.356. The molecule has 0 aliphatic carbocycles. The number of sulfonamides is 1. The Hall–Kier alpha value is -0.880. The van der Waals surface area contributed by atoms with E-state index in [2.05, 4.69) is 17.1 Å². The standard InChI is InChI=1S/C11H19N3O2S/c1-4-10-5-6-14(7-10)17(15,16)11-8(2)12-13-9(11)3/h10H,4-7H2,1-3H3,(H,12,13). The van der Waals surface area contributed by atoms with Gasteiger partial charge in [-0.15, -0.1) is 0 Å². The van der Waals surface area contributed by atoms with Crippen LogP contribution in [0.5, 0.6) is 0 Å². The number of aromatic nitrogens is 2. The second kappa shape index (κ2) is 4.42. The van der Waals surface area contributed by atoms with E-state index in [0.29, 0.717) is 35.3 Å². The van der Waals surface area contributed by atoms with E-state index in [1.54, 1.807) is 18.2 Å². The maximum atomic E-state index is 12.5. The van der Waals surface area contributed by atoms with E-state index in [9.17, 15) is 8.42 Å². The zero-order valence-corrected chi connectivity index (χ0v) is 11.3. The van der Waals surface area contributed by atoms with Crippen molar-refractivity contribution in [3.8, 4) is 0 Å². The molecular weight excluding hydrogens is 238 g/mol. The lowest BCUT2D eigenvalue weighted by Gasteiger charge is -2.16. The first-order valence-electron chi connectivity index (χ1n) is 5.98. The summed E-state index contributed by atoms with van der Waals surface area (Å²) in [5, 5.41) is 6.70. The lowest BCUT2D eigenvalue weighted by Crippen LogP contribution is -2.29. The molecule has 2 rings (SSSR count). The molecule has 0 radical (unpaired) electrons. The molecule has 5 nitrogen and oxygen atoms in total. The van der Waals surface area contributed by atoms with Crippen molar-refractivity contribution in [1.29, 1.82) is 0 Å². The second-order valence-corrected chi connectivity index (χ2v) is 6.56. The van der Waals surface area contributed by atoms with Gasteiger partial charge in [-0.2, -0.15) is 9.40 Å². The molecule has 1 saturated heterocycles. The van der Waals surface area contributed by atoms with Crippen molar-refractivity contribution < 1.29 is 8.42 Å². The summed E-state index contributed by atoms with van der Waals surface area (Å²) in [6.07, 6.45) is 2.00. The number of nitrogens with one attached hydrogen (secondary N) is 1. The maximum Gasteiger partial charge on any atom is 0.246 e. The molecule has 96 valence electrons. The van der Waals surface area contributed by atoms with Gasteiger partial charge in [0.05, 0.1) is 11.4 Å². The van der Waals surface area contributed by atoms with Gasteiger partial charge in [0.15, 0.2) is 0 Å². The molecule has 0 saturated carbocycles. The van der Waals surface area contributed by atoms with Gasteiger partial charge in [-0.25, -0.2) is 8.42 Å². The van der Waals surface area contributed by atoms with E-state index < -0.39 is 10.0 Å². The maximum absolute atomic E-state index is 12.5. The predicted octanol–water partition coefficient (Wildman–Crippen LogP) is 1.45. The average Bonchev–Trinajstić information content (AvgIpc) is 2.85. The number of H-pyrrole nitrogens is 1. The Morgan fingerprint density at radius 1 is 1.47 bits per heavy atom. The van der Waals surface area contributed by atoms with E-state index in [1.165, 1.54) is 0 Å². The molecule has 0 amide bonds. The quantitative estimate of drug-likeness (QED) is 0.891. The summed E-state index contributed by atoms with van der Waals surface area (Å²) in [5.74, 6) is 0.497. The third-order valence-corrected chi connectivity index (χ3v) is 5.61. The van der Waals surface area contributed by atoms with Gasteiger partial charge < -0.3 is 0 Å². The number of hydrogen-bond acceptors (Lipinski definition) is 3. The highest BCUT2D eigenvalue weighted by Crippen LogP contribution is 2.28. The zero-order chi connectivity index (χ0) is 12.6. The topological polar surface area (TPSA) is 66.1 Å². The molecule has 6 heteroatoms. The molecule has 1 aliphatic rings. The lowest BCUT2D eigenvalue weighted by atomic mass is 10.1. The largest absolute Gasteiger partial charge is 0.281 e. The smallest absolute Gasteiger partial charge is 0.246 e. The van der Waals surface area contributed by atoms with Crippen molar-refractivity contribution in [1.82, 2.24) is 14.5 Å². The van der Waals surface area contributed by atoms with Gasteiger partial charge in [0.1, 0.15) is 4.90 Å². The van der Waals surface area contributed by atoms with Crippen LogP contribution in [0.4, 0.5) is 0 Å². The van der Waals surface area contributed by atoms with Crippen molar-refractivity contribution in [2.45, 2.75) is 38.5 Å². The Morgan fingerprint density at radius 3 is 2.65 bits per heavy atom. The monoisotopic (exact) mass is 257 g/mol. The van der Waals surface area contributed by atoms with Gasteiger partial charge >= 0.3 is 0 Å². The molecule has 17 heavy (non-hydrogen) atoms. The van der Waals surface area contributed by atoms with Crippen molar-refractivity contribution in [3.05, 3.63) is 11.4 Å². The number of aromatic amines is 1. The van der Waals surface area contributed by atoms with Crippen LogP contribution < -0.4 is 0 Å². The van der Waals surface area contributed by atoms with E-state index in [1.807, 2.05) is 0 Å². The van der Waals surface area contributed by atoms with Crippen LogP contribution in [0.15, 0.2) is 4.90 Å². The summed E-state index contributed by atoms with van der Waals surface area (Å²) in [6, 6.07) is 0. The number of rotatable bonds is 3. The first kappa shape index (κ1) is 12.6. The second-order valence-electron chi connectivity index (χ2n) is 4.69. The minimum atomic E-state index is -3.36. The minimum absolute atomic E-state index is 0.356. The van der Waals surface area contributed by atoms with E-state index in [0.717, 1.165) is 12.8 Å². The molecule has 0 aromatic carbocycles. The van der Waals surface area contributed by atoms with E-state index in [4.69, 9.17) is 0 Å². The fourth-order valence-corrected chi connectivity index (χ4v) is 4.26. The van der Waals surface area contributed by atoms with Crippen LogP contribution in [0, 0.1) is 19.8 Å². The Bertz CT molecular complexity index is 487. The van der Waals surface area contributed by atoms with Crippen LogP contribution in [0.25, 0.3) is 0 Å². The summed E-state index contributed by atoms with van der Waals surface area (Å²) in [7, 11) is -3.36. The normalized spacial score (nSPS) is 22.2. The molecule has 0 bridgehead atoms. The van der Waals surface area contributed by atoms with Crippen LogP contribution in [0.1, 0.15) is 31.2 Å². The van der Waals surface area contributed by atoms with E-state index >= 15 is 0 Å². The van der Waals surface area contributed by atoms with Gasteiger partial charge in [0.25, 0.3) is 0 Å². The first-order valence-corrected chi connectivity index (χ1v) is 7.42. The minimum Gasteiger partial charge on any atom is -0.281 e. The number of hydrogen-bond donors (Lipinski definition) is 1. The van der Waals surface area contributed by atoms with Gasteiger partial charge in [-0.3, -0.25) is 5.10 Å². The Balaban J connectivity index is 2.32. The van der Waals surface area contributed by atoms with Gasteiger partial charge in [0, 0.05) is 13.1 Å². The van der Waals surface area contributed by atoms with Crippen LogP contribution in [-0.2, 0) is 10.0 Å². The molecule has 1 aromatic heterocycles. The van der Waals surface area contributed by atoms with Crippen molar-refractivity contribution in [2.75, 3.05) is 13.1 Å². The zero-order valence-electron chi connectivity index (χ0n) is 10.5. The molecule has 1 unspecified atom stereocenters. The molecule has 1 aliphatic heterocycles. The summed E-state index contributed by atoms with van der Waals surface area (Å²) < 4.78 is 26.5. The van der Waals surface area contributed by atoms with E-state index in [-0.39, 0.29) is 0 Å². The van der Waals surface area contributed by atoms with Crippen LogP contribution >= 0.6 is 0 Å². The first-order chi connectivity index (χ1) is 7.96. The molecule has 1 fully saturated rings. The highest BCUT2D eigenvalue weighted by atomic mass is 32.2. The fourth-order valence-electron chi connectivity index (χ4n) is 2.40. The summed E-state index contributed by atoms with van der Waals surface area (Å²) in [6.45, 7) is 6.85. The summed E-state index contributed by atoms with van der Waals surface area (Å²) in [5.41, 5.74) is 1.19. The van der Waals surface area contributed by atoms with Crippen molar-refractivity contribution >= 4 is 10.0 Å². The fraction of sp³-hybridized carbons (Fsp3) is 0.727. The highest BCUT2D eigenvalue weighted by Gasteiger charge is 2.34. The highest BCUT2D eigenvalue weighted by molar-refractivity contribution is 7.89. The number of aryl methyl sites for hydroxylation is 2. The summed E-state index contributed by atoms with van der Waals surface area (Å²) >= 11 is 0. The molecule has 2 heterocycles. The third-order valence-electron chi connectivity index (χ3n) is 3.48. The Labute approximate surface area is 102 Å². The van der Waals surface area contributed by atoms with Crippen LogP contribution in [0.3, 0.4) is 0 Å². The van der Waals surface area contributed by atoms with Gasteiger partial charge in [-0.05, 0) is 26.2 Å². The van der Waals surface area contributed by atoms with Crippen molar-refractivity contribution in [2.24, 2.45) is 5.92 Å². The van der Waals surface area contributed by atoms with Gasteiger partial charge in [0.2, 0.25) is 10.0 Å². The molecular formula is C11H19N3O2S. The third kappa shape index (κ3) is 2.11. The van der Waals surface area contributed by atoms with Crippen LogP contribution in [-0.4, -0.2) is 36.0 Å². The lowest BCUT2D eigenvalue weighted by molar-refractivity contribution is 0.452. The average molecular weight is 257 g/mol. The predicted molar refractivity (Wildman–Crippen MR) is 65.2 cm³/mol. The van der Waals surface area contributed by atoms with Crippen LogP contribution in [0.2, 0.25) is 0 Å². The Kier molecular flexibility index (Phi) is 3.27. The molecule has 0 spiro atoms. The molecule has 1 aromatic rings. The molecule has 1 N–H and O–H groups in total. The van der Waals surface area contributed by atoms with Gasteiger partial charge in [-0.1, -0.05) is 13.3 Å². The Morgan fingerprint density at radius 2 is 2.18 bits per heavy atom. The number of nitrogens with zero attached hydrogens (tertiary/aromatic N) is 2. The molecule has 1 atom stereocenters.